The maximum absolute atomic E-state index is 12.9. The van der Waals surface area contributed by atoms with Crippen molar-refractivity contribution in [2.45, 2.75) is 32.6 Å². The molecule has 0 aliphatic carbocycles. The summed E-state index contributed by atoms with van der Waals surface area (Å²) >= 11 is 5.60. The summed E-state index contributed by atoms with van der Waals surface area (Å²) in [6.45, 7) is 3.26. The minimum atomic E-state index is -4.67. The van der Waals surface area contributed by atoms with Gasteiger partial charge in [0, 0.05) is 6.20 Å². The van der Waals surface area contributed by atoms with Crippen molar-refractivity contribution in [2.24, 2.45) is 5.92 Å². The molecule has 2 rings (SSSR count). The van der Waals surface area contributed by atoms with Crippen LogP contribution in [0.3, 0.4) is 0 Å². The molecule has 1 unspecified atom stereocenters. The second-order valence-electron chi connectivity index (χ2n) is 6.21. The Hall–Kier alpha value is -2.28. The van der Waals surface area contributed by atoms with E-state index in [2.05, 4.69) is 5.32 Å². The number of carbonyl (C=O) groups excluding carboxylic acids is 1. The molecule has 1 N–H and O–H groups in total. The zero-order valence-electron chi connectivity index (χ0n) is 14.2. The minimum Gasteiger partial charge on any atom is -0.347 e. The van der Waals surface area contributed by atoms with Crippen LogP contribution in [0, 0.1) is 5.92 Å². The lowest BCUT2D eigenvalue weighted by Crippen LogP contribution is -2.37. The minimum absolute atomic E-state index is 0.0446. The Bertz CT molecular complexity index is 833. The number of alkyl halides is 3. The number of benzene rings is 1. The quantitative estimate of drug-likeness (QED) is 0.843. The van der Waals surface area contributed by atoms with Gasteiger partial charge in [-0.1, -0.05) is 55.8 Å². The summed E-state index contributed by atoms with van der Waals surface area (Å²) < 4.78 is 39.3. The molecule has 0 spiro atoms. The van der Waals surface area contributed by atoms with Gasteiger partial charge in [0.1, 0.15) is 11.6 Å². The molecule has 0 aliphatic rings. The van der Waals surface area contributed by atoms with Crippen LogP contribution in [0.25, 0.3) is 0 Å². The average molecular weight is 387 g/mol. The lowest BCUT2D eigenvalue weighted by atomic mass is 9.96. The van der Waals surface area contributed by atoms with E-state index in [1.807, 2.05) is 44.2 Å². The highest BCUT2D eigenvalue weighted by atomic mass is 35.5. The van der Waals surface area contributed by atoms with Crippen molar-refractivity contribution in [2.75, 3.05) is 0 Å². The smallest absolute Gasteiger partial charge is 0.347 e. The SMILES string of the molecule is CC(C)C(NC(=O)Cn1cc(C(F)(F)F)cc(Cl)c1=O)c1ccccc1. The van der Waals surface area contributed by atoms with Gasteiger partial charge in [0.05, 0.1) is 11.6 Å². The molecule has 1 amide bonds. The van der Waals surface area contributed by atoms with Crippen molar-refractivity contribution < 1.29 is 18.0 Å². The predicted octanol–water partition coefficient (Wildman–Crippen LogP) is 4.03. The van der Waals surface area contributed by atoms with Crippen molar-refractivity contribution in [3.8, 4) is 0 Å². The van der Waals surface area contributed by atoms with Gasteiger partial charge in [0.25, 0.3) is 5.56 Å². The van der Waals surface area contributed by atoms with Crippen molar-refractivity contribution >= 4 is 17.5 Å². The van der Waals surface area contributed by atoms with E-state index in [1.165, 1.54) is 0 Å². The number of nitrogens with zero attached hydrogens (tertiary/aromatic N) is 1. The average Bonchev–Trinajstić information content (AvgIpc) is 2.56. The zero-order valence-corrected chi connectivity index (χ0v) is 14.9. The summed E-state index contributed by atoms with van der Waals surface area (Å²) in [6.07, 6.45) is -4.07. The van der Waals surface area contributed by atoms with Crippen LogP contribution in [-0.4, -0.2) is 10.5 Å². The highest BCUT2D eigenvalue weighted by Gasteiger charge is 2.32. The molecule has 0 radical (unpaired) electrons. The third kappa shape index (κ3) is 4.88. The largest absolute Gasteiger partial charge is 0.417 e. The molecule has 0 aliphatic heterocycles. The summed E-state index contributed by atoms with van der Waals surface area (Å²) in [4.78, 5) is 24.3. The summed E-state index contributed by atoms with van der Waals surface area (Å²) in [5.74, 6) is -0.534. The van der Waals surface area contributed by atoms with Crippen LogP contribution in [0.4, 0.5) is 13.2 Å². The van der Waals surface area contributed by atoms with Crippen LogP contribution in [0.1, 0.15) is 31.0 Å². The van der Waals surface area contributed by atoms with E-state index in [0.29, 0.717) is 16.8 Å². The number of hydrogen-bond donors (Lipinski definition) is 1. The van der Waals surface area contributed by atoms with Crippen molar-refractivity contribution in [3.05, 3.63) is 69.1 Å². The Morgan fingerprint density at radius 3 is 2.38 bits per heavy atom. The Morgan fingerprint density at radius 1 is 1.23 bits per heavy atom. The number of pyridine rings is 1. The number of nitrogens with one attached hydrogen (secondary N) is 1. The first kappa shape index (κ1) is 20.0. The molecule has 1 atom stereocenters. The van der Waals surface area contributed by atoms with Crippen LogP contribution in [0.15, 0.2) is 47.4 Å². The van der Waals surface area contributed by atoms with Gasteiger partial charge in [0.15, 0.2) is 0 Å². The van der Waals surface area contributed by atoms with E-state index in [0.717, 1.165) is 5.56 Å². The number of carbonyl (C=O) groups is 1. The van der Waals surface area contributed by atoms with Gasteiger partial charge in [-0.05, 0) is 17.5 Å². The molecule has 0 saturated heterocycles. The summed E-state index contributed by atoms with van der Waals surface area (Å²) in [7, 11) is 0. The topological polar surface area (TPSA) is 51.1 Å². The maximum Gasteiger partial charge on any atom is 0.417 e. The number of hydrogen-bond acceptors (Lipinski definition) is 2. The van der Waals surface area contributed by atoms with Crippen LogP contribution < -0.4 is 10.9 Å². The molecule has 0 bridgehead atoms. The highest BCUT2D eigenvalue weighted by molar-refractivity contribution is 6.30. The normalized spacial score (nSPS) is 12.9. The molecular weight excluding hydrogens is 369 g/mol. The summed E-state index contributed by atoms with van der Waals surface area (Å²) in [5.41, 5.74) is -1.07. The van der Waals surface area contributed by atoms with Gasteiger partial charge in [0.2, 0.25) is 5.91 Å². The molecule has 8 heteroatoms. The molecule has 0 saturated carbocycles. The van der Waals surface area contributed by atoms with Crippen molar-refractivity contribution in [1.82, 2.24) is 9.88 Å². The first-order valence-electron chi connectivity index (χ1n) is 7.91. The van der Waals surface area contributed by atoms with E-state index in [1.54, 1.807) is 0 Å². The second kappa shape index (κ2) is 7.95. The lowest BCUT2D eigenvalue weighted by molar-refractivity contribution is -0.138. The molecule has 26 heavy (non-hydrogen) atoms. The van der Waals surface area contributed by atoms with E-state index in [4.69, 9.17) is 11.6 Å². The fraction of sp³-hybridized carbons (Fsp3) is 0.333. The van der Waals surface area contributed by atoms with Crippen molar-refractivity contribution in [3.63, 3.8) is 0 Å². The molecule has 2 aromatic rings. The van der Waals surface area contributed by atoms with Gasteiger partial charge in [-0.2, -0.15) is 13.2 Å². The van der Waals surface area contributed by atoms with Gasteiger partial charge in [-0.15, -0.1) is 0 Å². The number of rotatable bonds is 5. The Labute approximate surface area is 153 Å². The molecule has 4 nitrogen and oxygen atoms in total. The first-order valence-corrected chi connectivity index (χ1v) is 8.29. The highest BCUT2D eigenvalue weighted by Crippen LogP contribution is 2.29. The third-order valence-corrected chi connectivity index (χ3v) is 4.10. The van der Waals surface area contributed by atoms with Gasteiger partial charge < -0.3 is 9.88 Å². The lowest BCUT2D eigenvalue weighted by Gasteiger charge is -2.23. The van der Waals surface area contributed by atoms with Gasteiger partial charge in [-0.25, -0.2) is 0 Å². The van der Waals surface area contributed by atoms with Crippen LogP contribution in [0.2, 0.25) is 5.02 Å². The Morgan fingerprint density at radius 2 is 1.85 bits per heavy atom. The predicted molar refractivity (Wildman–Crippen MR) is 92.9 cm³/mol. The van der Waals surface area contributed by atoms with E-state index in [9.17, 15) is 22.8 Å². The van der Waals surface area contributed by atoms with E-state index in [-0.39, 0.29) is 12.0 Å². The van der Waals surface area contributed by atoms with Crippen LogP contribution >= 0.6 is 11.6 Å². The maximum atomic E-state index is 12.9. The Balaban J connectivity index is 2.24. The molecule has 0 fully saturated rings. The summed E-state index contributed by atoms with van der Waals surface area (Å²) in [6, 6.07) is 9.41. The fourth-order valence-electron chi connectivity index (χ4n) is 2.54. The van der Waals surface area contributed by atoms with E-state index >= 15 is 0 Å². The molecule has 1 aromatic carbocycles. The standard InChI is InChI=1S/C18H18ClF3N2O2/c1-11(2)16(12-6-4-3-5-7-12)23-15(25)10-24-9-13(18(20,21)22)8-14(19)17(24)26/h3-9,11,16H,10H2,1-2H3,(H,23,25). The summed E-state index contributed by atoms with van der Waals surface area (Å²) in [5, 5.41) is 2.18. The number of aromatic nitrogens is 1. The fourth-order valence-corrected chi connectivity index (χ4v) is 2.77. The molecule has 140 valence electrons. The molecule has 1 heterocycles. The zero-order chi connectivity index (χ0) is 19.5. The molecule has 1 aromatic heterocycles. The number of amides is 1. The second-order valence-corrected chi connectivity index (χ2v) is 6.61. The first-order chi connectivity index (χ1) is 12.1. The van der Waals surface area contributed by atoms with Crippen LogP contribution in [-0.2, 0) is 17.5 Å². The van der Waals surface area contributed by atoms with Gasteiger partial charge >= 0.3 is 6.18 Å². The number of halogens is 4. The Kier molecular flexibility index (Phi) is 6.13. The van der Waals surface area contributed by atoms with Crippen LogP contribution in [0.5, 0.6) is 0 Å². The third-order valence-electron chi connectivity index (χ3n) is 3.83. The van der Waals surface area contributed by atoms with E-state index < -0.39 is 34.8 Å². The van der Waals surface area contributed by atoms with Gasteiger partial charge in [-0.3, -0.25) is 9.59 Å². The van der Waals surface area contributed by atoms with Crippen molar-refractivity contribution in [1.29, 1.82) is 0 Å². The molecular formula is C18H18ClF3N2O2. The monoisotopic (exact) mass is 386 g/mol.